The first-order valence-electron chi connectivity index (χ1n) is 7.65. The van der Waals surface area contributed by atoms with E-state index < -0.39 is 0 Å². The molecule has 0 amide bonds. The number of hydrogen-bond donors (Lipinski definition) is 2. The van der Waals surface area contributed by atoms with Gasteiger partial charge in [-0.1, -0.05) is 12.8 Å². The molecule has 3 N–H and O–H groups in total. The van der Waals surface area contributed by atoms with E-state index in [9.17, 15) is 0 Å². The van der Waals surface area contributed by atoms with E-state index in [0.29, 0.717) is 12.0 Å². The number of aromatic nitrogens is 2. The summed E-state index contributed by atoms with van der Waals surface area (Å²) in [6, 6.07) is 2.78. The molecule has 0 aromatic carbocycles. The number of rotatable bonds is 6. The summed E-state index contributed by atoms with van der Waals surface area (Å²) >= 11 is 0. The van der Waals surface area contributed by atoms with E-state index in [0.717, 1.165) is 31.7 Å². The van der Waals surface area contributed by atoms with Gasteiger partial charge in [0.1, 0.15) is 0 Å². The first-order chi connectivity index (χ1) is 9.20. The molecule has 1 aliphatic carbocycles. The molecular weight excluding hydrogens is 236 g/mol. The van der Waals surface area contributed by atoms with Crippen LogP contribution in [0.15, 0.2) is 6.07 Å². The molecule has 0 saturated heterocycles. The van der Waals surface area contributed by atoms with E-state index in [1.807, 2.05) is 0 Å². The van der Waals surface area contributed by atoms with Crippen molar-refractivity contribution in [3.63, 3.8) is 0 Å². The van der Waals surface area contributed by atoms with Crippen molar-refractivity contribution in [3.05, 3.63) is 17.5 Å². The van der Waals surface area contributed by atoms with E-state index >= 15 is 0 Å². The molecule has 19 heavy (non-hydrogen) atoms. The molecule has 1 heterocycles. The van der Waals surface area contributed by atoms with Crippen LogP contribution in [0.3, 0.4) is 0 Å². The van der Waals surface area contributed by atoms with Gasteiger partial charge in [-0.15, -0.1) is 0 Å². The SMILES string of the molecule is Cc1cc(C)n(CCCNC2CCCCC2CN)n1. The van der Waals surface area contributed by atoms with E-state index in [1.165, 1.54) is 31.4 Å². The van der Waals surface area contributed by atoms with Gasteiger partial charge in [-0.25, -0.2) is 0 Å². The molecule has 4 nitrogen and oxygen atoms in total. The second-order valence-corrected chi connectivity index (χ2v) is 5.84. The number of nitrogens with one attached hydrogen (secondary N) is 1. The molecule has 1 fully saturated rings. The van der Waals surface area contributed by atoms with Crippen LogP contribution in [0.25, 0.3) is 0 Å². The highest BCUT2D eigenvalue weighted by Gasteiger charge is 2.22. The molecule has 2 rings (SSSR count). The number of nitrogens with zero attached hydrogens (tertiary/aromatic N) is 2. The van der Waals surface area contributed by atoms with Gasteiger partial charge in [0.2, 0.25) is 0 Å². The van der Waals surface area contributed by atoms with Crippen molar-refractivity contribution < 1.29 is 0 Å². The Bertz CT molecular complexity index is 385. The molecule has 0 spiro atoms. The summed E-state index contributed by atoms with van der Waals surface area (Å²) in [5.41, 5.74) is 8.23. The van der Waals surface area contributed by atoms with Crippen molar-refractivity contribution in [1.29, 1.82) is 0 Å². The molecule has 0 aliphatic heterocycles. The second-order valence-electron chi connectivity index (χ2n) is 5.84. The Balaban J connectivity index is 1.70. The van der Waals surface area contributed by atoms with Crippen molar-refractivity contribution in [2.75, 3.05) is 13.1 Å². The van der Waals surface area contributed by atoms with Crippen LogP contribution >= 0.6 is 0 Å². The first kappa shape index (κ1) is 14.5. The van der Waals surface area contributed by atoms with E-state index in [-0.39, 0.29) is 0 Å². The molecule has 1 aliphatic rings. The Morgan fingerprint density at radius 2 is 2.16 bits per heavy atom. The highest BCUT2D eigenvalue weighted by Crippen LogP contribution is 2.23. The maximum Gasteiger partial charge on any atom is 0.0596 e. The summed E-state index contributed by atoms with van der Waals surface area (Å²) in [6.45, 7) is 7.08. The monoisotopic (exact) mass is 264 g/mol. The van der Waals surface area contributed by atoms with Gasteiger partial charge < -0.3 is 11.1 Å². The average molecular weight is 264 g/mol. The summed E-state index contributed by atoms with van der Waals surface area (Å²) in [7, 11) is 0. The van der Waals surface area contributed by atoms with Crippen molar-refractivity contribution >= 4 is 0 Å². The predicted molar refractivity (Wildman–Crippen MR) is 79.1 cm³/mol. The van der Waals surface area contributed by atoms with Gasteiger partial charge in [-0.2, -0.15) is 5.10 Å². The van der Waals surface area contributed by atoms with Crippen LogP contribution < -0.4 is 11.1 Å². The summed E-state index contributed by atoms with van der Waals surface area (Å²) < 4.78 is 2.11. The third kappa shape index (κ3) is 4.05. The number of hydrogen-bond acceptors (Lipinski definition) is 3. The zero-order valence-electron chi connectivity index (χ0n) is 12.4. The average Bonchev–Trinajstić information content (AvgIpc) is 2.73. The van der Waals surface area contributed by atoms with Crippen molar-refractivity contribution in [1.82, 2.24) is 15.1 Å². The molecule has 0 radical (unpaired) electrons. The summed E-state index contributed by atoms with van der Waals surface area (Å²) in [4.78, 5) is 0. The standard InChI is InChI=1S/C15H28N4/c1-12-10-13(2)19(18-12)9-5-8-17-15-7-4-3-6-14(15)11-16/h10,14-15,17H,3-9,11,16H2,1-2H3. The summed E-state index contributed by atoms with van der Waals surface area (Å²) in [5, 5.41) is 8.19. The Labute approximate surface area is 116 Å². The van der Waals surface area contributed by atoms with Crippen LogP contribution in [0.5, 0.6) is 0 Å². The maximum absolute atomic E-state index is 5.86. The molecule has 1 aromatic heterocycles. The minimum absolute atomic E-state index is 0.638. The lowest BCUT2D eigenvalue weighted by atomic mass is 9.84. The number of aryl methyl sites for hydroxylation is 3. The Hall–Kier alpha value is -0.870. The van der Waals surface area contributed by atoms with Gasteiger partial charge >= 0.3 is 0 Å². The zero-order valence-corrected chi connectivity index (χ0v) is 12.4. The zero-order chi connectivity index (χ0) is 13.7. The second kappa shape index (κ2) is 7.06. The normalized spacial score (nSPS) is 23.7. The minimum atomic E-state index is 0.638. The van der Waals surface area contributed by atoms with Crippen LogP contribution in [-0.4, -0.2) is 28.9 Å². The van der Waals surface area contributed by atoms with Crippen LogP contribution in [0, 0.1) is 19.8 Å². The predicted octanol–water partition coefficient (Wildman–Crippen LogP) is 2.00. The molecule has 1 aromatic rings. The largest absolute Gasteiger partial charge is 0.330 e. The van der Waals surface area contributed by atoms with E-state index in [4.69, 9.17) is 5.73 Å². The topological polar surface area (TPSA) is 55.9 Å². The highest BCUT2D eigenvalue weighted by molar-refractivity contribution is 5.06. The van der Waals surface area contributed by atoms with Crippen LogP contribution in [-0.2, 0) is 6.54 Å². The van der Waals surface area contributed by atoms with Crippen LogP contribution in [0.1, 0.15) is 43.5 Å². The molecule has 4 heteroatoms. The minimum Gasteiger partial charge on any atom is -0.330 e. The molecule has 108 valence electrons. The van der Waals surface area contributed by atoms with Crippen LogP contribution in [0.2, 0.25) is 0 Å². The third-order valence-corrected chi connectivity index (χ3v) is 4.27. The fraction of sp³-hybridized carbons (Fsp3) is 0.800. The molecule has 2 unspecified atom stereocenters. The lowest BCUT2D eigenvalue weighted by molar-refractivity contribution is 0.266. The van der Waals surface area contributed by atoms with E-state index in [1.54, 1.807) is 0 Å². The van der Waals surface area contributed by atoms with Gasteiger partial charge in [-0.3, -0.25) is 4.68 Å². The molecule has 2 atom stereocenters. The van der Waals surface area contributed by atoms with Crippen molar-refractivity contribution in [2.24, 2.45) is 11.7 Å². The molecule has 0 bridgehead atoms. The highest BCUT2D eigenvalue weighted by atomic mass is 15.3. The van der Waals surface area contributed by atoms with Gasteiger partial charge in [0, 0.05) is 18.3 Å². The molecule has 1 saturated carbocycles. The quantitative estimate of drug-likeness (QED) is 0.773. The van der Waals surface area contributed by atoms with E-state index in [2.05, 4.69) is 35.0 Å². The smallest absolute Gasteiger partial charge is 0.0596 e. The summed E-state index contributed by atoms with van der Waals surface area (Å²) in [6.07, 6.45) is 6.43. The lowest BCUT2D eigenvalue weighted by Gasteiger charge is -2.31. The summed E-state index contributed by atoms with van der Waals surface area (Å²) in [5.74, 6) is 0.683. The lowest BCUT2D eigenvalue weighted by Crippen LogP contribution is -2.42. The van der Waals surface area contributed by atoms with Crippen molar-refractivity contribution in [2.45, 2.75) is 58.5 Å². The molecular formula is C15H28N4. The third-order valence-electron chi connectivity index (χ3n) is 4.27. The Morgan fingerprint density at radius 1 is 1.37 bits per heavy atom. The van der Waals surface area contributed by atoms with Crippen LogP contribution in [0.4, 0.5) is 0 Å². The Kier molecular flexibility index (Phi) is 5.40. The maximum atomic E-state index is 5.86. The van der Waals surface area contributed by atoms with Gasteiger partial charge in [-0.05, 0) is 58.2 Å². The van der Waals surface area contributed by atoms with Gasteiger partial charge in [0.25, 0.3) is 0 Å². The Morgan fingerprint density at radius 3 is 2.84 bits per heavy atom. The fourth-order valence-electron chi connectivity index (χ4n) is 3.18. The first-order valence-corrected chi connectivity index (χ1v) is 7.65. The fourth-order valence-corrected chi connectivity index (χ4v) is 3.18. The van der Waals surface area contributed by atoms with Crippen molar-refractivity contribution in [3.8, 4) is 0 Å². The van der Waals surface area contributed by atoms with Gasteiger partial charge in [0.15, 0.2) is 0 Å². The number of nitrogens with two attached hydrogens (primary N) is 1. The van der Waals surface area contributed by atoms with Gasteiger partial charge in [0.05, 0.1) is 5.69 Å².